The van der Waals surface area contributed by atoms with Crippen molar-refractivity contribution in [3.63, 3.8) is 0 Å². The first kappa shape index (κ1) is 51.5. The summed E-state index contributed by atoms with van der Waals surface area (Å²) in [5.41, 5.74) is 0.728. The second kappa shape index (κ2) is 40.7. The molecule has 0 saturated carbocycles. The van der Waals surface area contributed by atoms with Gasteiger partial charge >= 0.3 is 5.97 Å². The molecule has 0 heterocycles. The molecule has 1 unspecified atom stereocenters. The quantitative estimate of drug-likeness (QED) is 0.0744. The fourth-order valence-corrected chi connectivity index (χ4v) is 4.62. The lowest BCUT2D eigenvalue weighted by Crippen LogP contribution is -2.20. The Kier molecular flexibility index (Phi) is 37.5. The van der Waals surface area contributed by atoms with Crippen molar-refractivity contribution < 1.29 is 71.2 Å². The van der Waals surface area contributed by atoms with Crippen molar-refractivity contribution in [2.75, 3.05) is 164 Å². The second-order valence-corrected chi connectivity index (χ2v) is 12.2. The molecule has 16 nitrogen and oxygen atoms in total. The van der Waals surface area contributed by atoms with Gasteiger partial charge in [-0.2, -0.15) is 0 Å². The molecular formula is C40H71NO15. The minimum atomic E-state index is -0.124. The van der Waals surface area contributed by atoms with Gasteiger partial charge in [0.2, 0.25) is 5.91 Å². The molecule has 0 saturated heterocycles. The fraction of sp³-hybridized carbons (Fsp3) is 0.800. The Balaban J connectivity index is 1.67. The Labute approximate surface area is 334 Å². The van der Waals surface area contributed by atoms with Gasteiger partial charge in [-0.1, -0.05) is 26.7 Å². The zero-order chi connectivity index (χ0) is 40.4. The van der Waals surface area contributed by atoms with Crippen molar-refractivity contribution in [2.24, 2.45) is 5.92 Å². The number of carbonyl (C=O) groups is 2. The van der Waals surface area contributed by atoms with Crippen LogP contribution < -0.4 is 10.1 Å². The number of hydrogen-bond donors (Lipinski definition) is 1. The number of ether oxygens (including phenoxy) is 13. The molecule has 1 N–H and O–H groups in total. The van der Waals surface area contributed by atoms with E-state index in [-0.39, 0.29) is 24.4 Å². The van der Waals surface area contributed by atoms with E-state index in [0.29, 0.717) is 158 Å². The highest BCUT2D eigenvalue weighted by Crippen LogP contribution is 2.16. The lowest BCUT2D eigenvalue weighted by Gasteiger charge is -2.13. The monoisotopic (exact) mass is 805 g/mol. The van der Waals surface area contributed by atoms with Crippen molar-refractivity contribution in [1.29, 1.82) is 0 Å². The highest BCUT2D eigenvalue weighted by molar-refractivity contribution is 5.88. The molecule has 0 fully saturated rings. The summed E-state index contributed by atoms with van der Waals surface area (Å²) in [6, 6.07) is 7.17. The van der Waals surface area contributed by atoms with Crippen LogP contribution in [0.1, 0.15) is 46.5 Å². The molecule has 0 spiro atoms. The first-order chi connectivity index (χ1) is 27.6. The summed E-state index contributed by atoms with van der Waals surface area (Å²) >= 11 is 0. The van der Waals surface area contributed by atoms with Gasteiger partial charge in [-0.25, -0.2) is 0 Å². The van der Waals surface area contributed by atoms with E-state index >= 15 is 0 Å². The van der Waals surface area contributed by atoms with E-state index in [4.69, 9.17) is 61.6 Å². The van der Waals surface area contributed by atoms with Gasteiger partial charge < -0.3 is 66.9 Å². The summed E-state index contributed by atoms with van der Waals surface area (Å²) in [5.74, 6) is 0.469. The number of benzene rings is 1. The van der Waals surface area contributed by atoms with Gasteiger partial charge in [0.1, 0.15) is 19.0 Å². The molecule has 16 heteroatoms. The summed E-state index contributed by atoms with van der Waals surface area (Å²) in [7, 11) is 0. The van der Waals surface area contributed by atoms with Crippen LogP contribution in [0.25, 0.3) is 0 Å². The van der Waals surface area contributed by atoms with Crippen molar-refractivity contribution in [1.82, 2.24) is 0 Å². The van der Waals surface area contributed by atoms with Gasteiger partial charge in [0, 0.05) is 12.6 Å². The molecule has 0 radical (unpaired) electrons. The Morgan fingerprint density at radius 2 is 0.804 bits per heavy atom. The molecule has 0 aromatic heterocycles. The molecule has 0 bridgehead atoms. The van der Waals surface area contributed by atoms with Crippen LogP contribution >= 0.6 is 0 Å². The second-order valence-electron chi connectivity index (χ2n) is 12.2. The molecule has 56 heavy (non-hydrogen) atoms. The molecule has 0 aliphatic heterocycles. The minimum absolute atomic E-state index is 0.00903. The zero-order valence-electron chi connectivity index (χ0n) is 34.3. The molecule has 0 aliphatic rings. The number of anilines is 1. The van der Waals surface area contributed by atoms with E-state index < -0.39 is 0 Å². The third kappa shape index (κ3) is 34.7. The summed E-state index contributed by atoms with van der Waals surface area (Å²) in [5, 5.41) is 2.71. The maximum atomic E-state index is 12.0. The predicted molar refractivity (Wildman–Crippen MR) is 210 cm³/mol. The van der Waals surface area contributed by atoms with Crippen molar-refractivity contribution in [2.45, 2.75) is 46.5 Å². The molecule has 1 atom stereocenters. The smallest absolute Gasteiger partial charge is 0.308 e. The molecule has 0 aliphatic carbocycles. The summed E-state index contributed by atoms with van der Waals surface area (Å²) in [6.45, 7) is 16.7. The van der Waals surface area contributed by atoms with E-state index in [0.717, 1.165) is 31.4 Å². The van der Waals surface area contributed by atoms with Gasteiger partial charge in [0.05, 0.1) is 151 Å². The first-order valence-corrected chi connectivity index (χ1v) is 20.1. The van der Waals surface area contributed by atoms with Crippen molar-refractivity contribution in [3.8, 4) is 5.75 Å². The Bertz CT molecular complexity index is 1000. The third-order valence-corrected chi connectivity index (χ3v) is 7.60. The maximum absolute atomic E-state index is 12.0. The average Bonchev–Trinajstić information content (AvgIpc) is 3.19. The number of rotatable bonds is 43. The normalized spacial score (nSPS) is 11.8. The van der Waals surface area contributed by atoms with Crippen LogP contribution in [0.5, 0.6) is 5.75 Å². The largest absolute Gasteiger partial charge is 0.491 e. The summed E-state index contributed by atoms with van der Waals surface area (Å²) in [4.78, 5) is 23.1. The van der Waals surface area contributed by atoms with E-state index in [1.54, 1.807) is 24.3 Å². The van der Waals surface area contributed by atoms with Gasteiger partial charge in [-0.3, -0.25) is 9.59 Å². The van der Waals surface area contributed by atoms with E-state index in [9.17, 15) is 9.59 Å². The molecule has 1 aromatic carbocycles. The van der Waals surface area contributed by atoms with Crippen LogP contribution in [0.4, 0.5) is 5.69 Å². The number of nitrogens with one attached hydrogen (secondary N) is 1. The lowest BCUT2D eigenvalue weighted by molar-refractivity contribution is -0.150. The molecule has 326 valence electrons. The van der Waals surface area contributed by atoms with Gasteiger partial charge in [-0.05, 0) is 37.1 Å². The number of carbonyl (C=O) groups excluding carboxylic acids is 2. The van der Waals surface area contributed by atoms with Crippen molar-refractivity contribution >= 4 is 17.6 Å². The van der Waals surface area contributed by atoms with E-state index in [1.165, 1.54) is 6.92 Å². The predicted octanol–water partition coefficient (Wildman–Crippen LogP) is 3.97. The first-order valence-electron chi connectivity index (χ1n) is 20.1. The number of amides is 1. The number of unbranched alkanes of at least 4 members (excludes halogenated alkanes) is 1. The highest BCUT2D eigenvalue weighted by Gasteiger charge is 2.17. The fourth-order valence-electron chi connectivity index (χ4n) is 4.62. The van der Waals surface area contributed by atoms with Crippen LogP contribution in [-0.4, -0.2) is 170 Å². The molecular weight excluding hydrogens is 734 g/mol. The Morgan fingerprint density at radius 1 is 0.482 bits per heavy atom. The standard InChI is InChI=1S/C40H71NO15/c1-4-6-7-37(5-2)40(43)56-35-33-54-31-29-52-27-25-50-23-21-48-19-17-46-15-13-44-12-14-45-16-18-47-20-22-49-24-26-51-28-30-53-32-34-55-39-10-8-38(9-11-39)41-36(3)42/h8-11,37H,4-7,12-35H2,1-3H3,(H,41,42). The third-order valence-electron chi connectivity index (χ3n) is 7.60. The SMILES string of the molecule is CCCCC(CC)C(=O)OCCOCCOCCOCCOCCOCCOCCOCCOCCOCCOCCOCCOc1ccc(NC(C)=O)cc1. The molecule has 1 amide bonds. The lowest BCUT2D eigenvalue weighted by atomic mass is 10.00. The van der Waals surface area contributed by atoms with Crippen LogP contribution in [-0.2, 0) is 66.4 Å². The topological polar surface area (TPSA) is 166 Å². The summed E-state index contributed by atoms with van der Waals surface area (Å²) in [6.07, 6.45) is 3.82. The Hall–Kier alpha value is -2.48. The maximum Gasteiger partial charge on any atom is 0.308 e. The van der Waals surface area contributed by atoms with E-state index in [1.807, 2.05) is 6.92 Å². The average molecular weight is 806 g/mol. The summed E-state index contributed by atoms with van der Waals surface area (Å²) < 4.78 is 71.3. The van der Waals surface area contributed by atoms with Gasteiger partial charge in [0.25, 0.3) is 0 Å². The Morgan fingerprint density at radius 3 is 1.11 bits per heavy atom. The highest BCUT2D eigenvalue weighted by atomic mass is 16.6. The van der Waals surface area contributed by atoms with Gasteiger partial charge in [0.15, 0.2) is 0 Å². The van der Waals surface area contributed by atoms with E-state index in [2.05, 4.69) is 12.2 Å². The minimum Gasteiger partial charge on any atom is -0.491 e. The van der Waals surface area contributed by atoms with Crippen LogP contribution in [0, 0.1) is 5.92 Å². The number of esters is 1. The zero-order valence-corrected chi connectivity index (χ0v) is 34.3. The molecule has 1 rings (SSSR count). The number of hydrogen-bond acceptors (Lipinski definition) is 15. The van der Waals surface area contributed by atoms with Crippen molar-refractivity contribution in [3.05, 3.63) is 24.3 Å². The van der Waals surface area contributed by atoms with Crippen LogP contribution in [0.3, 0.4) is 0 Å². The van der Waals surface area contributed by atoms with Crippen LogP contribution in [0.15, 0.2) is 24.3 Å². The van der Waals surface area contributed by atoms with Gasteiger partial charge in [-0.15, -0.1) is 0 Å². The molecule has 1 aromatic rings. The van der Waals surface area contributed by atoms with Crippen LogP contribution in [0.2, 0.25) is 0 Å².